The largest absolute Gasteiger partial charge is 0.502 e. The molecule has 0 fully saturated rings. The van der Waals surface area contributed by atoms with Gasteiger partial charge in [-0.1, -0.05) is 12.1 Å². The standard InChI is InChI=1S/C20H25N3O5/c1-23(2)15-8-6-7-14(11-15)19(28-5)20(25)22-21-12-13-9-16(26-3)18(24)17(10-13)27-4/h6-12,19,24H,1-5H3,(H,22,25)/b21-12+. The van der Waals surface area contributed by atoms with E-state index in [-0.39, 0.29) is 17.2 Å². The summed E-state index contributed by atoms with van der Waals surface area (Å²) in [7, 11) is 8.17. The van der Waals surface area contributed by atoms with Crippen LogP contribution in [0.3, 0.4) is 0 Å². The number of nitrogens with zero attached hydrogens (tertiary/aromatic N) is 2. The van der Waals surface area contributed by atoms with Crippen LogP contribution in [0.25, 0.3) is 0 Å². The maximum Gasteiger partial charge on any atom is 0.273 e. The molecule has 28 heavy (non-hydrogen) atoms. The van der Waals surface area contributed by atoms with Crippen LogP contribution < -0.4 is 19.8 Å². The van der Waals surface area contributed by atoms with Gasteiger partial charge in [-0.3, -0.25) is 4.79 Å². The first-order chi connectivity index (χ1) is 13.4. The highest BCUT2D eigenvalue weighted by Gasteiger charge is 2.20. The minimum atomic E-state index is -0.805. The lowest BCUT2D eigenvalue weighted by Gasteiger charge is -2.17. The first kappa shape index (κ1) is 21.0. The van der Waals surface area contributed by atoms with Gasteiger partial charge in [-0.2, -0.15) is 5.10 Å². The number of methoxy groups -OCH3 is 3. The van der Waals surface area contributed by atoms with E-state index in [4.69, 9.17) is 14.2 Å². The Morgan fingerprint density at radius 1 is 1.14 bits per heavy atom. The lowest BCUT2D eigenvalue weighted by Crippen LogP contribution is -2.26. The van der Waals surface area contributed by atoms with Crippen molar-refractivity contribution in [2.24, 2.45) is 5.10 Å². The van der Waals surface area contributed by atoms with Crippen LogP contribution >= 0.6 is 0 Å². The molecule has 0 spiro atoms. The third kappa shape index (κ3) is 4.92. The van der Waals surface area contributed by atoms with E-state index < -0.39 is 12.0 Å². The van der Waals surface area contributed by atoms with E-state index >= 15 is 0 Å². The van der Waals surface area contributed by atoms with E-state index in [0.29, 0.717) is 5.56 Å². The minimum absolute atomic E-state index is 0.105. The molecule has 0 saturated carbocycles. The van der Waals surface area contributed by atoms with Gasteiger partial charge in [-0.15, -0.1) is 0 Å². The van der Waals surface area contributed by atoms with E-state index in [9.17, 15) is 9.90 Å². The number of benzene rings is 2. The van der Waals surface area contributed by atoms with Gasteiger partial charge in [0.2, 0.25) is 5.75 Å². The number of carbonyl (C=O) groups is 1. The lowest BCUT2D eigenvalue weighted by atomic mass is 10.1. The summed E-state index contributed by atoms with van der Waals surface area (Å²) in [6.07, 6.45) is 0.617. The molecule has 1 unspecified atom stereocenters. The van der Waals surface area contributed by atoms with Crippen molar-refractivity contribution in [2.75, 3.05) is 40.3 Å². The summed E-state index contributed by atoms with van der Waals surface area (Å²) in [6, 6.07) is 10.6. The summed E-state index contributed by atoms with van der Waals surface area (Å²) < 4.78 is 15.5. The summed E-state index contributed by atoms with van der Waals surface area (Å²) in [4.78, 5) is 14.4. The van der Waals surface area contributed by atoms with Crippen LogP contribution in [-0.4, -0.2) is 52.7 Å². The minimum Gasteiger partial charge on any atom is -0.502 e. The predicted molar refractivity (Wildman–Crippen MR) is 107 cm³/mol. The SMILES string of the molecule is COc1cc(/C=N/NC(=O)C(OC)c2cccc(N(C)C)c2)cc(OC)c1O. The fraction of sp³-hybridized carbons (Fsp3) is 0.300. The molecule has 0 aliphatic rings. The molecule has 0 radical (unpaired) electrons. The Bertz CT molecular complexity index is 826. The number of rotatable bonds is 8. The maximum absolute atomic E-state index is 12.5. The summed E-state index contributed by atoms with van der Waals surface area (Å²) in [5, 5.41) is 13.9. The molecule has 8 nitrogen and oxygen atoms in total. The molecule has 0 heterocycles. The van der Waals surface area contributed by atoms with Gasteiger partial charge in [0.1, 0.15) is 0 Å². The third-order valence-corrected chi connectivity index (χ3v) is 4.05. The number of anilines is 1. The molecule has 1 amide bonds. The molecule has 8 heteroatoms. The van der Waals surface area contributed by atoms with E-state index in [2.05, 4.69) is 10.5 Å². The zero-order chi connectivity index (χ0) is 20.7. The Hall–Kier alpha value is -3.26. The lowest BCUT2D eigenvalue weighted by molar-refractivity contribution is -0.131. The predicted octanol–water partition coefficient (Wildman–Crippen LogP) is 2.31. The summed E-state index contributed by atoms with van der Waals surface area (Å²) >= 11 is 0. The molecular weight excluding hydrogens is 362 g/mol. The molecule has 2 aromatic carbocycles. The number of aromatic hydroxyl groups is 1. The number of hydrazone groups is 1. The summed E-state index contributed by atoms with van der Waals surface area (Å²) in [5.74, 6) is -0.0384. The van der Waals surface area contributed by atoms with Crippen molar-refractivity contribution in [1.82, 2.24) is 5.43 Å². The molecule has 0 aliphatic heterocycles. The second-order valence-corrected chi connectivity index (χ2v) is 6.11. The fourth-order valence-corrected chi connectivity index (χ4v) is 2.58. The van der Waals surface area contributed by atoms with Crippen molar-refractivity contribution < 1.29 is 24.1 Å². The van der Waals surface area contributed by atoms with Gasteiger partial charge in [0.05, 0.1) is 20.4 Å². The highest BCUT2D eigenvalue weighted by Crippen LogP contribution is 2.36. The average molecular weight is 387 g/mol. The highest BCUT2D eigenvalue weighted by atomic mass is 16.5. The first-order valence-corrected chi connectivity index (χ1v) is 8.49. The summed E-state index contributed by atoms with van der Waals surface area (Å²) in [5.41, 5.74) is 4.72. The van der Waals surface area contributed by atoms with E-state index in [0.717, 1.165) is 11.3 Å². The Kier molecular flexibility index (Phi) is 7.22. The molecule has 0 bridgehead atoms. The maximum atomic E-state index is 12.5. The van der Waals surface area contributed by atoms with Crippen molar-refractivity contribution >= 4 is 17.8 Å². The van der Waals surface area contributed by atoms with E-state index in [1.807, 2.05) is 43.3 Å². The molecule has 2 N–H and O–H groups in total. The van der Waals surface area contributed by atoms with E-state index in [1.165, 1.54) is 27.5 Å². The van der Waals surface area contributed by atoms with Crippen LogP contribution in [0.15, 0.2) is 41.5 Å². The molecule has 150 valence electrons. The zero-order valence-electron chi connectivity index (χ0n) is 16.6. The Morgan fingerprint density at radius 3 is 2.32 bits per heavy atom. The number of amides is 1. The monoisotopic (exact) mass is 387 g/mol. The molecule has 2 aromatic rings. The van der Waals surface area contributed by atoms with Crippen LogP contribution in [0.2, 0.25) is 0 Å². The number of nitrogens with one attached hydrogen (secondary N) is 1. The van der Waals surface area contributed by atoms with Gasteiger partial charge in [-0.05, 0) is 29.8 Å². The van der Waals surface area contributed by atoms with Crippen LogP contribution in [0.4, 0.5) is 5.69 Å². The Balaban J connectivity index is 2.15. The smallest absolute Gasteiger partial charge is 0.273 e. The molecule has 2 rings (SSSR count). The van der Waals surface area contributed by atoms with Gasteiger partial charge in [0, 0.05) is 32.5 Å². The van der Waals surface area contributed by atoms with Gasteiger partial charge in [0.25, 0.3) is 5.91 Å². The topological polar surface area (TPSA) is 92.6 Å². The average Bonchev–Trinajstić information content (AvgIpc) is 2.69. The van der Waals surface area contributed by atoms with Crippen molar-refractivity contribution in [3.05, 3.63) is 47.5 Å². The number of phenolic OH excluding ortho intramolecular Hbond substituents is 1. The molecule has 1 atom stereocenters. The highest BCUT2D eigenvalue weighted by molar-refractivity contribution is 5.86. The number of phenols is 1. The Morgan fingerprint density at radius 2 is 1.79 bits per heavy atom. The normalized spacial score (nSPS) is 11.9. The van der Waals surface area contributed by atoms with Gasteiger partial charge >= 0.3 is 0 Å². The fourth-order valence-electron chi connectivity index (χ4n) is 2.58. The van der Waals surface area contributed by atoms with Crippen molar-refractivity contribution in [2.45, 2.75) is 6.10 Å². The summed E-state index contributed by atoms with van der Waals surface area (Å²) in [6.45, 7) is 0. The van der Waals surface area contributed by atoms with Gasteiger partial charge in [-0.25, -0.2) is 5.43 Å². The second kappa shape index (κ2) is 9.61. The molecule has 0 aliphatic carbocycles. The number of carbonyl (C=O) groups excluding carboxylic acids is 1. The van der Waals surface area contributed by atoms with E-state index in [1.54, 1.807) is 12.1 Å². The van der Waals surface area contributed by atoms with Gasteiger partial charge in [0.15, 0.2) is 17.6 Å². The second-order valence-electron chi connectivity index (χ2n) is 6.11. The van der Waals surface area contributed by atoms with Crippen LogP contribution in [0.1, 0.15) is 17.2 Å². The number of hydrogen-bond donors (Lipinski definition) is 2. The first-order valence-electron chi connectivity index (χ1n) is 8.49. The quantitative estimate of drug-likeness (QED) is 0.533. The molecular formula is C20H25N3O5. The van der Waals surface area contributed by atoms with Crippen LogP contribution in [-0.2, 0) is 9.53 Å². The number of ether oxygens (including phenoxy) is 3. The zero-order valence-corrected chi connectivity index (χ0v) is 16.6. The van der Waals surface area contributed by atoms with Crippen molar-refractivity contribution in [3.8, 4) is 17.2 Å². The third-order valence-electron chi connectivity index (χ3n) is 4.05. The van der Waals surface area contributed by atoms with Crippen molar-refractivity contribution in [1.29, 1.82) is 0 Å². The molecule has 0 saturated heterocycles. The molecule has 0 aromatic heterocycles. The van der Waals surface area contributed by atoms with Gasteiger partial charge < -0.3 is 24.2 Å². The number of hydrogen-bond acceptors (Lipinski definition) is 7. The van der Waals surface area contributed by atoms with Crippen LogP contribution in [0.5, 0.6) is 17.2 Å². The van der Waals surface area contributed by atoms with Crippen LogP contribution in [0, 0.1) is 0 Å². The Labute approximate surface area is 164 Å². The van der Waals surface area contributed by atoms with Crippen molar-refractivity contribution in [3.63, 3.8) is 0 Å².